The Morgan fingerprint density at radius 2 is 1.86 bits per heavy atom. The van der Waals surface area contributed by atoms with Gasteiger partial charge in [0.2, 0.25) is 5.91 Å². The van der Waals surface area contributed by atoms with E-state index in [4.69, 9.17) is 5.26 Å². The molecule has 3 heterocycles. The molecule has 0 spiro atoms. The van der Waals surface area contributed by atoms with Crippen LogP contribution in [-0.2, 0) is 4.79 Å². The van der Waals surface area contributed by atoms with Gasteiger partial charge in [0.05, 0.1) is 6.04 Å². The molecule has 1 saturated carbocycles. The molecule has 5 rings (SSSR count). The standard InChI is InChI=1S/C22H22N6O/c23-11-19-10-21(25-14-24-19)27-12-17-8-16(9-18(17)13-27)22(29)28-20(6-7-26-28)15-4-2-1-3-5-15/h1-5,7,10,14,16-18,20H,6,8-9,12-13H2/t16-,17-,18+,20-/m0/s1. The van der Waals surface area contributed by atoms with E-state index < -0.39 is 0 Å². The van der Waals surface area contributed by atoms with Crippen LogP contribution in [0, 0.1) is 29.1 Å². The van der Waals surface area contributed by atoms with Crippen LogP contribution in [0.25, 0.3) is 0 Å². The minimum Gasteiger partial charge on any atom is -0.356 e. The third-order valence-electron chi connectivity index (χ3n) is 6.43. The first kappa shape index (κ1) is 17.8. The van der Waals surface area contributed by atoms with E-state index in [2.05, 4.69) is 38.2 Å². The third kappa shape index (κ3) is 3.25. The molecule has 3 aliphatic rings. The number of aromatic nitrogens is 2. The summed E-state index contributed by atoms with van der Waals surface area (Å²) < 4.78 is 0. The molecule has 7 nitrogen and oxygen atoms in total. The number of hydrogen-bond donors (Lipinski definition) is 0. The number of amides is 1. The van der Waals surface area contributed by atoms with E-state index in [0.29, 0.717) is 17.5 Å². The summed E-state index contributed by atoms with van der Waals surface area (Å²) in [7, 11) is 0. The summed E-state index contributed by atoms with van der Waals surface area (Å²) in [6.07, 6.45) is 5.86. The quantitative estimate of drug-likeness (QED) is 0.810. The molecule has 2 fully saturated rings. The lowest BCUT2D eigenvalue weighted by atomic mass is 10.0. The normalized spacial score (nSPS) is 27.8. The molecule has 1 aromatic carbocycles. The molecule has 0 unspecified atom stereocenters. The zero-order valence-electron chi connectivity index (χ0n) is 16.1. The number of carbonyl (C=O) groups excluding carboxylic acids is 1. The molecule has 0 radical (unpaired) electrons. The van der Waals surface area contributed by atoms with Crippen LogP contribution in [-0.4, -0.2) is 40.2 Å². The number of carbonyl (C=O) groups is 1. The van der Waals surface area contributed by atoms with Crippen molar-refractivity contribution in [3.05, 3.63) is 54.0 Å². The van der Waals surface area contributed by atoms with Crippen LogP contribution >= 0.6 is 0 Å². The van der Waals surface area contributed by atoms with Crippen molar-refractivity contribution in [1.29, 1.82) is 5.26 Å². The van der Waals surface area contributed by atoms with Gasteiger partial charge in [0.25, 0.3) is 0 Å². The van der Waals surface area contributed by atoms with Crippen LogP contribution in [0.3, 0.4) is 0 Å². The molecule has 1 amide bonds. The smallest absolute Gasteiger partial charge is 0.246 e. The Bertz CT molecular complexity index is 970. The molecule has 1 aliphatic carbocycles. The highest BCUT2D eigenvalue weighted by Gasteiger charge is 2.46. The zero-order chi connectivity index (χ0) is 19.8. The van der Waals surface area contributed by atoms with Crippen molar-refractivity contribution in [3.63, 3.8) is 0 Å². The van der Waals surface area contributed by atoms with Crippen LogP contribution in [0.15, 0.2) is 47.8 Å². The van der Waals surface area contributed by atoms with Gasteiger partial charge >= 0.3 is 0 Å². The maximum Gasteiger partial charge on any atom is 0.246 e. The SMILES string of the molecule is N#Cc1cc(N2C[C@H]3C[C@@H](C(=O)N4N=CC[C@H]4c4ccccc4)C[C@H]3C2)ncn1. The van der Waals surface area contributed by atoms with Gasteiger partial charge in [-0.1, -0.05) is 30.3 Å². The molecule has 1 saturated heterocycles. The number of nitrogens with zero attached hydrogens (tertiary/aromatic N) is 6. The molecule has 2 aliphatic heterocycles. The number of fused-ring (bicyclic) bond motifs is 1. The van der Waals surface area contributed by atoms with Crippen molar-refractivity contribution in [2.45, 2.75) is 25.3 Å². The van der Waals surface area contributed by atoms with Crippen LogP contribution in [0.4, 0.5) is 5.82 Å². The number of hydrazone groups is 1. The summed E-state index contributed by atoms with van der Waals surface area (Å²) in [6, 6.07) is 14.0. The fraction of sp³-hybridized carbons (Fsp3) is 0.409. The molecular formula is C22H22N6O. The first-order valence-corrected chi connectivity index (χ1v) is 10.1. The van der Waals surface area contributed by atoms with Gasteiger partial charge < -0.3 is 4.90 Å². The molecule has 4 atom stereocenters. The van der Waals surface area contributed by atoms with Gasteiger partial charge in [0.1, 0.15) is 23.9 Å². The maximum atomic E-state index is 13.2. The zero-order valence-corrected chi connectivity index (χ0v) is 16.1. The van der Waals surface area contributed by atoms with E-state index in [-0.39, 0.29) is 17.9 Å². The Labute approximate surface area is 169 Å². The predicted molar refractivity (Wildman–Crippen MR) is 108 cm³/mol. The lowest BCUT2D eigenvalue weighted by Crippen LogP contribution is -2.33. The second kappa shape index (κ2) is 7.28. The van der Waals surface area contributed by atoms with Gasteiger partial charge in [0, 0.05) is 37.7 Å². The fourth-order valence-electron chi connectivity index (χ4n) is 5.04. The highest BCUT2D eigenvalue weighted by molar-refractivity contribution is 5.82. The summed E-state index contributed by atoms with van der Waals surface area (Å²) in [4.78, 5) is 23.7. The highest BCUT2D eigenvalue weighted by atomic mass is 16.2. The molecule has 7 heteroatoms. The van der Waals surface area contributed by atoms with Crippen molar-refractivity contribution in [2.75, 3.05) is 18.0 Å². The second-order valence-electron chi connectivity index (χ2n) is 8.11. The molecule has 0 N–H and O–H groups in total. The Balaban J connectivity index is 1.25. The van der Waals surface area contributed by atoms with E-state index in [1.54, 1.807) is 11.1 Å². The molecule has 0 bridgehead atoms. The summed E-state index contributed by atoms with van der Waals surface area (Å²) in [5.74, 6) is 1.95. The Kier molecular flexibility index (Phi) is 4.47. The number of nitriles is 1. The average molecular weight is 386 g/mol. The van der Waals surface area contributed by atoms with Crippen LogP contribution < -0.4 is 4.90 Å². The summed E-state index contributed by atoms with van der Waals surface area (Å²) in [6.45, 7) is 1.75. The lowest BCUT2D eigenvalue weighted by molar-refractivity contribution is -0.137. The van der Waals surface area contributed by atoms with E-state index in [0.717, 1.165) is 43.7 Å². The minimum absolute atomic E-state index is 0.0195. The maximum absolute atomic E-state index is 13.2. The molecular weight excluding hydrogens is 364 g/mol. The first-order chi connectivity index (χ1) is 14.2. The van der Waals surface area contributed by atoms with Crippen LogP contribution in [0.1, 0.15) is 36.6 Å². The van der Waals surface area contributed by atoms with Crippen molar-refractivity contribution in [1.82, 2.24) is 15.0 Å². The Hall–Kier alpha value is -3.27. The average Bonchev–Trinajstić information content (AvgIpc) is 3.48. The number of rotatable bonds is 3. The van der Waals surface area contributed by atoms with Gasteiger partial charge in [-0.3, -0.25) is 4.79 Å². The fourth-order valence-corrected chi connectivity index (χ4v) is 5.04. The van der Waals surface area contributed by atoms with Gasteiger partial charge in [-0.05, 0) is 30.2 Å². The van der Waals surface area contributed by atoms with Crippen LogP contribution in [0.5, 0.6) is 0 Å². The summed E-state index contributed by atoms with van der Waals surface area (Å²) in [5, 5.41) is 15.2. The number of benzene rings is 1. The van der Waals surface area contributed by atoms with E-state index >= 15 is 0 Å². The number of hydrogen-bond acceptors (Lipinski definition) is 6. The molecule has 1 aromatic heterocycles. The predicted octanol–water partition coefficient (Wildman–Crippen LogP) is 2.77. The second-order valence-corrected chi connectivity index (χ2v) is 8.11. The first-order valence-electron chi connectivity index (χ1n) is 10.1. The highest BCUT2D eigenvalue weighted by Crippen LogP contribution is 2.44. The van der Waals surface area contributed by atoms with E-state index in [9.17, 15) is 4.79 Å². The van der Waals surface area contributed by atoms with E-state index in [1.165, 1.54) is 6.33 Å². The van der Waals surface area contributed by atoms with Gasteiger partial charge in [-0.15, -0.1) is 0 Å². The topological polar surface area (TPSA) is 85.5 Å². The summed E-state index contributed by atoms with van der Waals surface area (Å²) in [5.41, 5.74) is 1.53. The monoisotopic (exact) mass is 386 g/mol. The largest absolute Gasteiger partial charge is 0.356 e. The van der Waals surface area contributed by atoms with Gasteiger partial charge in [0.15, 0.2) is 0 Å². The van der Waals surface area contributed by atoms with Crippen molar-refractivity contribution < 1.29 is 4.79 Å². The number of anilines is 1. The lowest BCUT2D eigenvalue weighted by Gasteiger charge is -2.26. The Morgan fingerprint density at radius 1 is 1.10 bits per heavy atom. The Morgan fingerprint density at radius 3 is 2.59 bits per heavy atom. The molecule has 29 heavy (non-hydrogen) atoms. The van der Waals surface area contributed by atoms with Gasteiger partial charge in [-0.25, -0.2) is 15.0 Å². The van der Waals surface area contributed by atoms with Gasteiger partial charge in [-0.2, -0.15) is 10.4 Å². The molecule has 2 aromatic rings. The summed E-state index contributed by atoms with van der Waals surface area (Å²) >= 11 is 0. The minimum atomic E-state index is 0.0195. The third-order valence-corrected chi connectivity index (χ3v) is 6.43. The molecule has 146 valence electrons. The van der Waals surface area contributed by atoms with Crippen LogP contribution in [0.2, 0.25) is 0 Å². The van der Waals surface area contributed by atoms with E-state index in [1.807, 2.05) is 24.4 Å². The van der Waals surface area contributed by atoms with Crippen molar-refractivity contribution in [3.8, 4) is 6.07 Å². The van der Waals surface area contributed by atoms with Crippen molar-refractivity contribution in [2.24, 2.45) is 22.9 Å². The van der Waals surface area contributed by atoms with Crippen molar-refractivity contribution >= 4 is 17.9 Å².